The topological polar surface area (TPSA) is 75.7 Å². The third-order valence-electron chi connectivity index (χ3n) is 6.96. The first kappa shape index (κ1) is 24.8. The molecule has 9 heteroatoms. The minimum absolute atomic E-state index is 0.0625. The molecular weight excluding hydrogens is 523 g/mol. The molecule has 2 fully saturated rings. The van der Waals surface area contributed by atoms with Crippen molar-refractivity contribution in [3.8, 4) is 0 Å². The first-order chi connectivity index (χ1) is 17.3. The second-order valence-electron chi connectivity index (χ2n) is 8.86. The first-order valence-electron chi connectivity index (χ1n) is 11.2. The summed E-state index contributed by atoms with van der Waals surface area (Å²) in [5.41, 5.74) is 0.905. The van der Waals surface area contributed by atoms with Crippen LogP contribution in [0.2, 0.25) is 15.1 Å². The molecule has 3 aromatic rings. The Balaban J connectivity index is 1.68. The van der Waals surface area contributed by atoms with Crippen molar-refractivity contribution >= 4 is 52.6 Å². The zero-order valence-electron chi connectivity index (χ0n) is 19.1. The molecular formula is C27H21Cl3N2O4. The molecule has 2 amide bonds. The number of rotatable bonds is 5. The second-order valence-corrected chi connectivity index (χ2v) is 10.2. The quantitative estimate of drug-likeness (QED) is 0.368. The lowest BCUT2D eigenvalue weighted by Gasteiger charge is -2.36. The number of esters is 1. The molecule has 0 aliphatic carbocycles. The Kier molecular flexibility index (Phi) is 6.55. The van der Waals surface area contributed by atoms with Crippen LogP contribution in [0.4, 0.5) is 0 Å². The molecule has 2 heterocycles. The fourth-order valence-corrected chi connectivity index (χ4v) is 5.72. The van der Waals surface area contributed by atoms with Gasteiger partial charge in [0, 0.05) is 15.1 Å². The summed E-state index contributed by atoms with van der Waals surface area (Å²) in [6.45, 7) is 0.0625. The number of amides is 2. The number of hydrogen-bond donors (Lipinski definition) is 1. The largest absolute Gasteiger partial charge is 0.468 e. The smallest absolute Gasteiger partial charge is 0.323 e. The number of nitrogens with zero attached hydrogens (tertiary/aromatic N) is 1. The minimum Gasteiger partial charge on any atom is -0.468 e. The van der Waals surface area contributed by atoms with E-state index in [1.165, 1.54) is 12.0 Å². The van der Waals surface area contributed by atoms with Gasteiger partial charge in [-0.15, -0.1) is 0 Å². The van der Waals surface area contributed by atoms with Gasteiger partial charge in [-0.05, 0) is 53.1 Å². The third-order valence-corrected chi connectivity index (χ3v) is 7.72. The number of benzene rings is 3. The van der Waals surface area contributed by atoms with Gasteiger partial charge in [-0.1, -0.05) is 71.2 Å². The van der Waals surface area contributed by atoms with Gasteiger partial charge in [0.1, 0.15) is 6.04 Å². The highest BCUT2D eigenvalue weighted by molar-refractivity contribution is 6.31. The normalized spacial score (nSPS) is 22.6. The van der Waals surface area contributed by atoms with Crippen LogP contribution < -0.4 is 5.32 Å². The number of halogens is 3. The summed E-state index contributed by atoms with van der Waals surface area (Å²) in [6.07, 6.45) is 0. The standard InChI is InChI=1S/C27H21Cl3N2O4/c1-36-26(35)23-21-22(25(34)32(24(21)33)14-15-2-8-18(28)9-3-15)27(31-23,16-4-10-19(29)11-5-16)17-6-12-20(30)13-7-17/h2-13,21-23,31H,14H2,1H3/t21-,22+,23-/m1/s1. The van der Waals surface area contributed by atoms with Crippen molar-refractivity contribution in [2.45, 2.75) is 18.1 Å². The van der Waals surface area contributed by atoms with Gasteiger partial charge >= 0.3 is 5.97 Å². The van der Waals surface area contributed by atoms with E-state index in [1.54, 1.807) is 72.8 Å². The van der Waals surface area contributed by atoms with Crippen molar-refractivity contribution in [2.24, 2.45) is 11.8 Å². The van der Waals surface area contributed by atoms with Crippen molar-refractivity contribution in [1.82, 2.24) is 10.2 Å². The van der Waals surface area contributed by atoms with E-state index >= 15 is 0 Å². The van der Waals surface area contributed by atoms with E-state index in [1.807, 2.05) is 0 Å². The number of imide groups is 1. The van der Waals surface area contributed by atoms with Crippen LogP contribution >= 0.6 is 34.8 Å². The summed E-state index contributed by atoms with van der Waals surface area (Å²) in [5.74, 6) is -3.33. The zero-order valence-corrected chi connectivity index (χ0v) is 21.3. The molecule has 0 bridgehead atoms. The molecule has 3 atom stereocenters. The Morgan fingerprint density at radius 1 is 0.833 bits per heavy atom. The second kappa shape index (κ2) is 9.52. The zero-order chi connectivity index (χ0) is 25.6. The average Bonchev–Trinajstić information content (AvgIpc) is 3.36. The van der Waals surface area contributed by atoms with Crippen LogP contribution in [-0.2, 0) is 31.2 Å². The lowest BCUT2D eigenvalue weighted by Crippen LogP contribution is -2.51. The van der Waals surface area contributed by atoms with Crippen molar-refractivity contribution in [1.29, 1.82) is 0 Å². The highest BCUT2D eigenvalue weighted by atomic mass is 35.5. The van der Waals surface area contributed by atoms with Crippen molar-refractivity contribution in [3.05, 3.63) is 105 Å². The predicted octanol–water partition coefficient (Wildman–Crippen LogP) is 4.84. The van der Waals surface area contributed by atoms with Crippen LogP contribution in [0.1, 0.15) is 16.7 Å². The number of ether oxygens (including phenoxy) is 1. The average molecular weight is 544 g/mol. The summed E-state index contributed by atoms with van der Waals surface area (Å²) >= 11 is 18.3. The fourth-order valence-electron chi connectivity index (χ4n) is 5.35. The Morgan fingerprint density at radius 2 is 1.31 bits per heavy atom. The summed E-state index contributed by atoms with van der Waals surface area (Å²) in [7, 11) is 1.26. The lowest BCUT2D eigenvalue weighted by atomic mass is 9.72. The predicted molar refractivity (Wildman–Crippen MR) is 137 cm³/mol. The summed E-state index contributed by atoms with van der Waals surface area (Å²) in [6, 6.07) is 19.9. The minimum atomic E-state index is -1.21. The number of likely N-dealkylation sites (tertiary alicyclic amines) is 1. The number of hydrogen-bond acceptors (Lipinski definition) is 5. The van der Waals surface area contributed by atoms with Crippen LogP contribution in [0.15, 0.2) is 72.8 Å². The van der Waals surface area contributed by atoms with Crippen LogP contribution in [0.25, 0.3) is 0 Å². The highest BCUT2D eigenvalue weighted by Crippen LogP contribution is 2.52. The maximum atomic E-state index is 14.1. The molecule has 5 rings (SSSR count). The van der Waals surface area contributed by atoms with E-state index in [9.17, 15) is 14.4 Å². The van der Waals surface area contributed by atoms with E-state index in [0.717, 1.165) is 5.56 Å². The van der Waals surface area contributed by atoms with Gasteiger partial charge in [0.15, 0.2) is 0 Å². The number of nitrogens with one attached hydrogen (secondary N) is 1. The van der Waals surface area contributed by atoms with Gasteiger partial charge < -0.3 is 4.74 Å². The van der Waals surface area contributed by atoms with E-state index in [-0.39, 0.29) is 12.5 Å². The molecule has 6 nitrogen and oxygen atoms in total. The summed E-state index contributed by atoms with van der Waals surface area (Å²) in [4.78, 5) is 42.0. The Hall–Kier alpha value is -2.90. The highest BCUT2D eigenvalue weighted by Gasteiger charge is 2.68. The molecule has 0 unspecified atom stereocenters. The van der Waals surface area contributed by atoms with Crippen LogP contribution in [0.3, 0.4) is 0 Å². The Labute approximate surface area is 223 Å². The lowest BCUT2D eigenvalue weighted by molar-refractivity contribution is -0.148. The van der Waals surface area contributed by atoms with Crippen LogP contribution in [0.5, 0.6) is 0 Å². The molecule has 1 N–H and O–H groups in total. The van der Waals surface area contributed by atoms with Crippen LogP contribution in [0, 0.1) is 11.8 Å². The van der Waals surface area contributed by atoms with Gasteiger partial charge in [0.25, 0.3) is 0 Å². The number of carbonyl (C=O) groups excluding carboxylic acids is 3. The maximum absolute atomic E-state index is 14.1. The maximum Gasteiger partial charge on any atom is 0.323 e. The summed E-state index contributed by atoms with van der Waals surface area (Å²) < 4.78 is 5.06. The number of fused-ring (bicyclic) bond motifs is 1. The van der Waals surface area contributed by atoms with Crippen LogP contribution in [-0.4, -0.2) is 35.8 Å². The first-order valence-corrected chi connectivity index (χ1v) is 12.4. The molecule has 36 heavy (non-hydrogen) atoms. The van der Waals surface area contributed by atoms with Crippen molar-refractivity contribution in [3.63, 3.8) is 0 Å². The molecule has 0 spiro atoms. The molecule has 2 aliphatic rings. The van der Waals surface area contributed by atoms with Gasteiger partial charge in [-0.3, -0.25) is 24.6 Å². The third kappa shape index (κ3) is 3.98. The Bertz CT molecular complexity index is 1280. The molecule has 2 saturated heterocycles. The number of carbonyl (C=O) groups is 3. The molecule has 2 aliphatic heterocycles. The number of methoxy groups -OCH3 is 1. The van der Waals surface area contributed by atoms with E-state index in [0.29, 0.717) is 26.2 Å². The fraction of sp³-hybridized carbons (Fsp3) is 0.222. The molecule has 0 saturated carbocycles. The van der Waals surface area contributed by atoms with Gasteiger partial charge in [-0.2, -0.15) is 0 Å². The molecule has 3 aromatic carbocycles. The molecule has 0 radical (unpaired) electrons. The summed E-state index contributed by atoms with van der Waals surface area (Å²) in [5, 5.41) is 4.92. The monoisotopic (exact) mass is 542 g/mol. The Morgan fingerprint density at radius 3 is 1.78 bits per heavy atom. The molecule has 184 valence electrons. The van der Waals surface area contributed by atoms with E-state index < -0.39 is 35.3 Å². The van der Waals surface area contributed by atoms with Crippen molar-refractivity contribution in [2.75, 3.05) is 7.11 Å². The van der Waals surface area contributed by atoms with Gasteiger partial charge in [0.05, 0.1) is 31.0 Å². The SMILES string of the molecule is COC(=O)[C@@H]1NC(c2ccc(Cl)cc2)(c2ccc(Cl)cc2)[C@@H]2C(=O)N(Cc3ccc(Cl)cc3)C(=O)[C@H]21. The van der Waals surface area contributed by atoms with Gasteiger partial charge in [-0.25, -0.2) is 0 Å². The van der Waals surface area contributed by atoms with Gasteiger partial charge in [0.2, 0.25) is 11.8 Å². The van der Waals surface area contributed by atoms with E-state index in [2.05, 4.69) is 5.32 Å². The van der Waals surface area contributed by atoms with E-state index in [4.69, 9.17) is 39.5 Å². The molecule has 0 aromatic heterocycles. The van der Waals surface area contributed by atoms with Crippen molar-refractivity contribution < 1.29 is 19.1 Å².